The van der Waals surface area contributed by atoms with E-state index in [4.69, 9.17) is 9.72 Å². The molecule has 0 spiro atoms. The summed E-state index contributed by atoms with van der Waals surface area (Å²) in [6.07, 6.45) is 4.26. The van der Waals surface area contributed by atoms with Crippen molar-refractivity contribution >= 4 is 11.8 Å². The Kier molecular flexibility index (Phi) is 7.59. The summed E-state index contributed by atoms with van der Waals surface area (Å²) >= 11 is 0. The highest BCUT2D eigenvalue weighted by Gasteiger charge is 2.54. The second kappa shape index (κ2) is 11.4. The summed E-state index contributed by atoms with van der Waals surface area (Å²) in [5.74, 6) is 2.14. The number of rotatable bonds is 6. The van der Waals surface area contributed by atoms with Crippen LogP contribution in [0.15, 0.2) is 60.9 Å². The van der Waals surface area contributed by atoms with Crippen LogP contribution in [-0.2, 0) is 22.9 Å². The van der Waals surface area contributed by atoms with Crippen LogP contribution in [0.2, 0.25) is 0 Å². The quantitative estimate of drug-likeness (QED) is 0.362. The second-order valence-electron chi connectivity index (χ2n) is 13.1. The van der Waals surface area contributed by atoms with Gasteiger partial charge in [-0.1, -0.05) is 18.2 Å². The number of amides is 1. The lowest BCUT2D eigenvalue weighted by atomic mass is 9.58. The Hall–Kier alpha value is -3.53. The molecule has 3 atom stereocenters. The number of benzene rings is 2. The van der Waals surface area contributed by atoms with E-state index in [-0.39, 0.29) is 23.5 Å². The zero-order valence-electron chi connectivity index (χ0n) is 25.1. The van der Waals surface area contributed by atoms with Gasteiger partial charge in [-0.2, -0.15) is 13.2 Å². The van der Waals surface area contributed by atoms with Crippen LogP contribution in [0.25, 0.3) is 11.4 Å². The monoisotopic (exact) mass is 607 g/mol. The largest absolute Gasteiger partial charge is 0.446 e. The lowest BCUT2D eigenvalue weighted by Gasteiger charge is -2.51. The molecule has 10 heteroatoms. The van der Waals surface area contributed by atoms with Crippen molar-refractivity contribution in [3.8, 4) is 11.4 Å². The molecule has 44 heavy (non-hydrogen) atoms. The zero-order valence-corrected chi connectivity index (χ0v) is 25.1. The number of hydrogen-bond acceptors (Lipinski definition) is 5. The number of alkyl halides is 3. The summed E-state index contributed by atoms with van der Waals surface area (Å²) < 4.78 is 47.2. The van der Waals surface area contributed by atoms with Gasteiger partial charge in [0.15, 0.2) is 0 Å². The van der Waals surface area contributed by atoms with E-state index in [9.17, 15) is 18.0 Å². The van der Waals surface area contributed by atoms with Crippen LogP contribution in [0.5, 0.6) is 0 Å². The molecule has 1 aromatic heterocycles. The zero-order chi connectivity index (χ0) is 30.5. The molecule has 234 valence electrons. The molecule has 3 fully saturated rings. The van der Waals surface area contributed by atoms with Crippen LogP contribution in [0.1, 0.15) is 43.2 Å². The molecule has 2 saturated heterocycles. The number of likely N-dealkylation sites (tertiary alicyclic amines) is 1. The Bertz CT molecular complexity index is 1480. The highest BCUT2D eigenvalue weighted by Crippen LogP contribution is 2.54. The van der Waals surface area contributed by atoms with Crippen molar-refractivity contribution in [2.24, 2.45) is 17.8 Å². The molecule has 1 amide bonds. The maximum atomic E-state index is 13.0. The molecule has 1 N–H and O–H groups in total. The summed E-state index contributed by atoms with van der Waals surface area (Å²) in [5, 5.41) is 2.66. The smallest absolute Gasteiger partial charge is 0.416 e. The predicted octanol–water partition coefficient (Wildman–Crippen LogP) is 6.19. The first-order valence-corrected chi connectivity index (χ1v) is 15.9. The topological polar surface area (TPSA) is 62.6 Å². The number of alkyl carbamates (subject to hydrolysis) is 1. The maximum Gasteiger partial charge on any atom is 0.416 e. The predicted molar refractivity (Wildman–Crippen MR) is 162 cm³/mol. The van der Waals surface area contributed by atoms with E-state index in [1.165, 1.54) is 17.7 Å². The van der Waals surface area contributed by atoms with Gasteiger partial charge in [-0.05, 0) is 87.0 Å². The molecule has 1 unspecified atom stereocenters. The highest BCUT2D eigenvalue weighted by atomic mass is 19.4. The second-order valence-corrected chi connectivity index (χ2v) is 13.1. The Morgan fingerprint density at radius 1 is 1.07 bits per heavy atom. The van der Waals surface area contributed by atoms with Gasteiger partial charge in [-0.3, -0.25) is 0 Å². The van der Waals surface area contributed by atoms with Gasteiger partial charge >= 0.3 is 12.3 Å². The number of imidazole rings is 1. The number of ether oxygens (including phenoxy) is 1. The highest BCUT2D eigenvalue weighted by molar-refractivity contribution is 5.67. The fourth-order valence-electron chi connectivity index (χ4n) is 8.62. The molecule has 3 aromatic rings. The van der Waals surface area contributed by atoms with Crippen molar-refractivity contribution in [1.82, 2.24) is 19.8 Å². The van der Waals surface area contributed by atoms with E-state index in [1.54, 1.807) is 19.2 Å². The van der Waals surface area contributed by atoms with Gasteiger partial charge in [-0.15, -0.1) is 0 Å². The summed E-state index contributed by atoms with van der Waals surface area (Å²) in [7, 11) is 1.62. The number of piperidine rings is 1. The van der Waals surface area contributed by atoms with Crippen molar-refractivity contribution in [2.75, 3.05) is 44.7 Å². The van der Waals surface area contributed by atoms with Crippen LogP contribution >= 0.6 is 0 Å². The van der Waals surface area contributed by atoms with Crippen molar-refractivity contribution in [3.05, 3.63) is 72.1 Å². The van der Waals surface area contributed by atoms with E-state index >= 15 is 0 Å². The first kappa shape index (κ1) is 29.2. The number of anilines is 1. The number of halogens is 3. The lowest BCUT2D eigenvalue weighted by Crippen LogP contribution is -2.55. The van der Waals surface area contributed by atoms with E-state index in [1.807, 2.05) is 6.20 Å². The Labute approximate surface area is 256 Å². The number of nitrogens with zero attached hydrogens (tertiary/aromatic N) is 4. The Morgan fingerprint density at radius 3 is 2.57 bits per heavy atom. The fraction of sp³-hybridized carbons (Fsp3) is 0.529. The molecule has 3 aliphatic heterocycles. The number of aromatic nitrogens is 2. The molecule has 2 aromatic carbocycles. The van der Waals surface area contributed by atoms with Crippen LogP contribution in [0.3, 0.4) is 0 Å². The number of nitrogens with one attached hydrogen (secondary N) is 1. The third-order valence-corrected chi connectivity index (χ3v) is 10.7. The SMILES string of the molecule is CNC(=O)O[C@H]1CCC[C@@H]1C1(C2CCN(CC3CN(c4ccc(C(F)(F)F)cc4)C3)CC2)Cn2ccnc2-c2cccc1c2. The Balaban J connectivity index is 1.06. The van der Waals surface area contributed by atoms with E-state index in [0.717, 1.165) is 88.4 Å². The van der Waals surface area contributed by atoms with Gasteiger partial charge in [0.1, 0.15) is 11.9 Å². The number of hydrogen-bond donors (Lipinski definition) is 1. The van der Waals surface area contributed by atoms with Crippen molar-refractivity contribution < 1.29 is 22.7 Å². The molecular weight excluding hydrogens is 567 g/mol. The van der Waals surface area contributed by atoms with Crippen molar-refractivity contribution in [2.45, 2.75) is 56.3 Å². The van der Waals surface area contributed by atoms with E-state index in [2.05, 4.69) is 50.1 Å². The van der Waals surface area contributed by atoms with Crippen LogP contribution in [0.4, 0.5) is 23.7 Å². The molecule has 7 rings (SSSR count). The van der Waals surface area contributed by atoms with Crippen LogP contribution in [0, 0.1) is 17.8 Å². The minimum Gasteiger partial charge on any atom is -0.446 e. The van der Waals surface area contributed by atoms with Gasteiger partial charge in [0.2, 0.25) is 0 Å². The number of fused-ring (bicyclic) bond motifs is 4. The third kappa shape index (κ3) is 5.25. The van der Waals surface area contributed by atoms with Crippen molar-refractivity contribution in [3.63, 3.8) is 0 Å². The summed E-state index contributed by atoms with van der Waals surface area (Å²) in [5.41, 5.74) is 2.54. The molecule has 4 aliphatic rings. The lowest BCUT2D eigenvalue weighted by molar-refractivity contribution is -0.137. The average Bonchev–Trinajstić information content (AvgIpc) is 3.65. The first-order valence-electron chi connectivity index (χ1n) is 15.9. The normalized spacial score (nSPS) is 26.1. The average molecular weight is 608 g/mol. The molecule has 4 heterocycles. The maximum absolute atomic E-state index is 13.0. The Morgan fingerprint density at radius 2 is 1.84 bits per heavy atom. The molecular formula is C34H40F3N5O2. The van der Waals surface area contributed by atoms with Gasteiger partial charge in [-0.25, -0.2) is 9.78 Å². The molecule has 7 nitrogen and oxygen atoms in total. The first-order chi connectivity index (χ1) is 21.2. The van der Waals surface area contributed by atoms with E-state index in [0.29, 0.717) is 11.8 Å². The van der Waals surface area contributed by atoms with E-state index < -0.39 is 11.7 Å². The number of carbonyl (C=O) groups excluding carboxylic acids is 1. The van der Waals surface area contributed by atoms with Gasteiger partial charge in [0, 0.05) is 74.1 Å². The molecule has 2 bridgehead atoms. The summed E-state index contributed by atoms with van der Waals surface area (Å²) in [6.45, 7) is 5.58. The van der Waals surface area contributed by atoms with Crippen LogP contribution < -0.4 is 10.2 Å². The van der Waals surface area contributed by atoms with Gasteiger partial charge in [0.25, 0.3) is 0 Å². The van der Waals surface area contributed by atoms with Gasteiger partial charge in [0.05, 0.1) is 5.56 Å². The third-order valence-electron chi connectivity index (χ3n) is 10.7. The molecule has 1 saturated carbocycles. The number of carbonyl (C=O) groups is 1. The minimum absolute atomic E-state index is 0.132. The fourth-order valence-corrected chi connectivity index (χ4v) is 8.62. The van der Waals surface area contributed by atoms with Crippen LogP contribution in [-0.4, -0.2) is 66.4 Å². The molecule has 0 radical (unpaired) electrons. The van der Waals surface area contributed by atoms with Gasteiger partial charge < -0.3 is 24.4 Å². The summed E-state index contributed by atoms with van der Waals surface area (Å²) in [6, 6.07) is 14.4. The van der Waals surface area contributed by atoms with Crippen molar-refractivity contribution in [1.29, 1.82) is 0 Å². The molecule has 1 aliphatic carbocycles. The summed E-state index contributed by atoms with van der Waals surface area (Å²) in [4.78, 5) is 21.9. The standard InChI is InChI=1S/C34H40F3N5O2/c1-38-32(43)44-30-7-3-6-29(30)33(22-41-17-14-39-31(41)24-4-2-5-27(33)18-24)25-12-15-40(16-13-25)19-23-20-42(21-23)28-10-8-26(9-11-28)34(35,36)37/h2,4-5,8-11,14,17-18,23,25,29-30H,3,6-7,12-13,15-16,19-22H2,1H3,(H,38,43)/t29-,30-,33?/m0/s1. The minimum atomic E-state index is -4.31.